The number of hydrogen-bond acceptors (Lipinski definition) is 3. The van der Waals surface area contributed by atoms with Crippen LogP contribution in [0.25, 0.3) is 0 Å². The van der Waals surface area contributed by atoms with Gasteiger partial charge in [-0.15, -0.1) is 0 Å². The van der Waals surface area contributed by atoms with Gasteiger partial charge in [0, 0.05) is 12.3 Å². The van der Waals surface area contributed by atoms with Crippen LogP contribution in [0.2, 0.25) is 0 Å². The van der Waals surface area contributed by atoms with Gasteiger partial charge in [-0.25, -0.2) is 0 Å². The summed E-state index contributed by atoms with van der Waals surface area (Å²) in [6.45, 7) is 13.6. The average Bonchev–Trinajstić information content (AvgIpc) is 1.98. The number of carbonyl (C=O) groups is 1. The first-order valence-corrected chi connectivity index (χ1v) is 5.33. The molecule has 0 rings (SSSR count). The molecular weight excluding hydrogens is 192 g/mol. The Labute approximate surface area is 93.1 Å². The summed E-state index contributed by atoms with van der Waals surface area (Å²) in [6.07, 6.45) is 0. The maximum absolute atomic E-state index is 10.7. The van der Waals surface area contributed by atoms with Crippen molar-refractivity contribution in [2.45, 2.75) is 41.5 Å². The molecule has 0 amide bonds. The number of hydrogen-bond donors (Lipinski definition) is 0. The monoisotopic (exact) mass is 216 g/mol. The number of ether oxygens (including phenoxy) is 2. The predicted octanol–water partition coefficient (Wildman–Crippen LogP) is 2.64. The molecule has 0 atom stereocenters. The van der Waals surface area contributed by atoms with Gasteiger partial charge in [-0.2, -0.15) is 0 Å². The number of carbonyl (C=O) groups excluding carboxylic acids is 1. The van der Waals surface area contributed by atoms with Crippen LogP contribution in [0.4, 0.5) is 0 Å². The van der Waals surface area contributed by atoms with Crippen LogP contribution < -0.4 is 0 Å². The maximum atomic E-state index is 10.7. The van der Waals surface area contributed by atoms with E-state index in [2.05, 4.69) is 20.8 Å². The van der Waals surface area contributed by atoms with Gasteiger partial charge in [0.05, 0.1) is 19.8 Å². The second-order valence-corrected chi connectivity index (χ2v) is 6.00. The minimum Gasteiger partial charge on any atom is -0.465 e. The summed E-state index contributed by atoms with van der Waals surface area (Å²) in [5, 5.41) is 0. The van der Waals surface area contributed by atoms with Crippen molar-refractivity contribution in [3.05, 3.63) is 0 Å². The van der Waals surface area contributed by atoms with Gasteiger partial charge in [-0.3, -0.25) is 4.79 Å². The lowest BCUT2D eigenvalue weighted by atomic mass is 9.95. The van der Waals surface area contributed by atoms with Crippen LogP contribution in [0.1, 0.15) is 41.5 Å². The van der Waals surface area contributed by atoms with Gasteiger partial charge in [0.2, 0.25) is 0 Å². The van der Waals surface area contributed by atoms with E-state index < -0.39 is 0 Å². The van der Waals surface area contributed by atoms with E-state index in [1.54, 1.807) is 0 Å². The fraction of sp³-hybridized carbons (Fsp3) is 0.917. The summed E-state index contributed by atoms with van der Waals surface area (Å²) in [5.74, 6) is -0.237. The normalized spacial score (nSPS) is 12.7. The van der Waals surface area contributed by atoms with Crippen molar-refractivity contribution in [1.29, 1.82) is 0 Å². The smallest absolute Gasteiger partial charge is 0.302 e. The van der Waals surface area contributed by atoms with Crippen molar-refractivity contribution >= 4 is 5.97 Å². The largest absolute Gasteiger partial charge is 0.465 e. The highest BCUT2D eigenvalue weighted by Crippen LogP contribution is 2.19. The first-order chi connectivity index (χ1) is 6.62. The Balaban J connectivity index is 3.78. The van der Waals surface area contributed by atoms with E-state index >= 15 is 0 Å². The minimum absolute atomic E-state index is 0.114. The van der Waals surface area contributed by atoms with Crippen LogP contribution >= 0.6 is 0 Å². The lowest BCUT2D eigenvalue weighted by molar-refractivity contribution is -0.145. The lowest BCUT2D eigenvalue weighted by Gasteiger charge is -2.26. The Hall–Kier alpha value is -0.570. The molecule has 0 spiro atoms. The third kappa shape index (κ3) is 9.73. The molecule has 0 N–H and O–H groups in total. The molecule has 0 heterocycles. The molecule has 0 bridgehead atoms. The zero-order valence-electron chi connectivity index (χ0n) is 10.8. The highest BCUT2D eigenvalue weighted by molar-refractivity contribution is 5.65. The van der Waals surface area contributed by atoms with Crippen LogP contribution in [0, 0.1) is 10.8 Å². The Bertz CT molecular complexity index is 201. The van der Waals surface area contributed by atoms with Crippen LogP contribution in [0.5, 0.6) is 0 Å². The summed E-state index contributed by atoms with van der Waals surface area (Å²) in [6, 6.07) is 0. The van der Waals surface area contributed by atoms with Crippen LogP contribution in [-0.2, 0) is 14.3 Å². The van der Waals surface area contributed by atoms with E-state index in [1.165, 1.54) is 6.92 Å². The standard InChI is InChI=1S/C12H24O3/c1-10(13)15-9-12(5,6)8-14-7-11(2,3)4/h7-9H2,1-6H3. The van der Waals surface area contributed by atoms with E-state index in [-0.39, 0.29) is 16.8 Å². The fourth-order valence-electron chi connectivity index (χ4n) is 0.972. The summed E-state index contributed by atoms with van der Waals surface area (Å²) in [5.41, 5.74) is 0.0639. The third-order valence-electron chi connectivity index (χ3n) is 1.69. The summed E-state index contributed by atoms with van der Waals surface area (Å²) < 4.78 is 10.6. The van der Waals surface area contributed by atoms with Crippen LogP contribution in [0.3, 0.4) is 0 Å². The molecular formula is C12H24O3. The second-order valence-electron chi connectivity index (χ2n) is 6.00. The van der Waals surface area contributed by atoms with Crippen LogP contribution in [0.15, 0.2) is 0 Å². The quantitative estimate of drug-likeness (QED) is 0.663. The Morgan fingerprint density at radius 1 is 1.00 bits per heavy atom. The van der Waals surface area contributed by atoms with Gasteiger partial charge in [0.15, 0.2) is 0 Å². The highest BCUT2D eigenvalue weighted by Gasteiger charge is 2.21. The lowest BCUT2D eigenvalue weighted by Crippen LogP contribution is -2.28. The molecule has 0 aromatic rings. The van der Waals surface area contributed by atoms with Gasteiger partial charge in [-0.1, -0.05) is 34.6 Å². The van der Waals surface area contributed by atoms with E-state index in [9.17, 15) is 4.79 Å². The van der Waals surface area contributed by atoms with E-state index in [1.807, 2.05) is 13.8 Å². The zero-order valence-corrected chi connectivity index (χ0v) is 10.8. The van der Waals surface area contributed by atoms with Gasteiger partial charge < -0.3 is 9.47 Å². The summed E-state index contributed by atoms with van der Waals surface area (Å²) >= 11 is 0. The van der Waals surface area contributed by atoms with Crippen molar-refractivity contribution in [2.75, 3.05) is 19.8 Å². The first kappa shape index (κ1) is 14.4. The molecule has 0 aromatic heterocycles. The molecule has 3 nitrogen and oxygen atoms in total. The van der Waals surface area contributed by atoms with E-state index in [0.717, 1.165) is 6.61 Å². The molecule has 0 saturated carbocycles. The summed E-state index contributed by atoms with van der Waals surface area (Å²) in [4.78, 5) is 10.7. The molecule has 3 heteroatoms. The first-order valence-electron chi connectivity index (χ1n) is 5.33. The molecule has 0 fully saturated rings. The molecule has 15 heavy (non-hydrogen) atoms. The number of esters is 1. The summed E-state index contributed by atoms with van der Waals surface area (Å²) in [7, 11) is 0. The Morgan fingerprint density at radius 2 is 1.53 bits per heavy atom. The molecule has 90 valence electrons. The topological polar surface area (TPSA) is 35.5 Å². The SMILES string of the molecule is CC(=O)OCC(C)(C)COCC(C)(C)C. The molecule has 0 aliphatic rings. The highest BCUT2D eigenvalue weighted by atomic mass is 16.5. The van der Waals surface area contributed by atoms with Crippen molar-refractivity contribution in [2.24, 2.45) is 10.8 Å². The molecule has 0 radical (unpaired) electrons. The third-order valence-corrected chi connectivity index (χ3v) is 1.69. The fourth-order valence-corrected chi connectivity index (χ4v) is 0.972. The predicted molar refractivity (Wildman–Crippen MR) is 60.7 cm³/mol. The van der Waals surface area contributed by atoms with Crippen molar-refractivity contribution < 1.29 is 14.3 Å². The molecule has 0 aliphatic carbocycles. The van der Waals surface area contributed by atoms with Gasteiger partial charge in [-0.05, 0) is 5.41 Å². The Kier molecular flexibility index (Phi) is 5.29. The second kappa shape index (κ2) is 5.50. The van der Waals surface area contributed by atoms with Crippen molar-refractivity contribution in [3.8, 4) is 0 Å². The van der Waals surface area contributed by atoms with E-state index in [0.29, 0.717) is 13.2 Å². The van der Waals surface area contributed by atoms with Crippen LogP contribution in [-0.4, -0.2) is 25.8 Å². The minimum atomic E-state index is -0.237. The molecule has 0 unspecified atom stereocenters. The average molecular weight is 216 g/mol. The van der Waals surface area contributed by atoms with Crippen molar-refractivity contribution in [1.82, 2.24) is 0 Å². The molecule has 0 aromatic carbocycles. The molecule has 0 aliphatic heterocycles. The van der Waals surface area contributed by atoms with Gasteiger partial charge >= 0.3 is 5.97 Å². The van der Waals surface area contributed by atoms with E-state index in [4.69, 9.17) is 9.47 Å². The Morgan fingerprint density at radius 3 is 1.93 bits per heavy atom. The zero-order chi connectivity index (χ0) is 12.1. The number of rotatable bonds is 5. The maximum Gasteiger partial charge on any atom is 0.302 e. The molecule has 0 saturated heterocycles. The van der Waals surface area contributed by atoms with Crippen molar-refractivity contribution in [3.63, 3.8) is 0 Å². The van der Waals surface area contributed by atoms with Gasteiger partial charge in [0.25, 0.3) is 0 Å². The van der Waals surface area contributed by atoms with Gasteiger partial charge in [0.1, 0.15) is 0 Å².